The van der Waals surface area contributed by atoms with E-state index in [1.165, 1.54) is 18.2 Å². The Labute approximate surface area is 108 Å². The molecular formula is C13H10ClFN2O. The molecule has 0 spiro atoms. The van der Waals surface area contributed by atoms with E-state index in [1.807, 2.05) is 0 Å². The van der Waals surface area contributed by atoms with Crippen LogP contribution in [-0.4, -0.2) is 5.91 Å². The number of carbonyl (C=O) groups excluding carboxylic acids is 1. The highest BCUT2D eigenvalue weighted by atomic mass is 35.5. The van der Waals surface area contributed by atoms with E-state index in [0.717, 1.165) is 6.07 Å². The molecule has 92 valence electrons. The Kier molecular flexibility index (Phi) is 3.48. The zero-order valence-electron chi connectivity index (χ0n) is 9.28. The quantitative estimate of drug-likeness (QED) is 0.818. The van der Waals surface area contributed by atoms with Crippen molar-refractivity contribution in [1.29, 1.82) is 0 Å². The standard InChI is InChI=1S/C13H10ClFN2O/c14-11-5-4-9(15)7-12(11)17-13(18)8-2-1-3-10(16)6-8/h1-7H,16H2,(H,17,18). The predicted molar refractivity (Wildman–Crippen MR) is 70.2 cm³/mol. The van der Waals surface area contributed by atoms with Gasteiger partial charge in [0.15, 0.2) is 0 Å². The average Bonchev–Trinajstić information content (AvgIpc) is 2.34. The van der Waals surface area contributed by atoms with Crippen LogP contribution in [0.4, 0.5) is 15.8 Å². The molecule has 3 N–H and O–H groups in total. The summed E-state index contributed by atoms with van der Waals surface area (Å²) in [6.07, 6.45) is 0. The van der Waals surface area contributed by atoms with Gasteiger partial charge >= 0.3 is 0 Å². The van der Waals surface area contributed by atoms with E-state index in [-0.39, 0.29) is 10.7 Å². The maximum atomic E-state index is 13.0. The molecule has 0 fully saturated rings. The lowest BCUT2D eigenvalue weighted by atomic mass is 10.2. The van der Waals surface area contributed by atoms with Crippen LogP contribution in [0.5, 0.6) is 0 Å². The van der Waals surface area contributed by atoms with Crippen LogP contribution in [0.25, 0.3) is 0 Å². The molecule has 1 amide bonds. The highest BCUT2D eigenvalue weighted by Crippen LogP contribution is 2.23. The molecule has 0 saturated heterocycles. The van der Waals surface area contributed by atoms with Crippen molar-refractivity contribution in [3.63, 3.8) is 0 Å². The van der Waals surface area contributed by atoms with Crippen molar-refractivity contribution in [2.75, 3.05) is 11.1 Å². The van der Waals surface area contributed by atoms with Crippen LogP contribution >= 0.6 is 11.6 Å². The van der Waals surface area contributed by atoms with Crippen LogP contribution in [0, 0.1) is 5.82 Å². The van der Waals surface area contributed by atoms with Crippen LogP contribution < -0.4 is 11.1 Å². The fourth-order valence-electron chi connectivity index (χ4n) is 1.47. The summed E-state index contributed by atoms with van der Waals surface area (Å²) in [4.78, 5) is 11.9. The van der Waals surface area contributed by atoms with Crippen molar-refractivity contribution in [1.82, 2.24) is 0 Å². The molecule has 0 radical (unpaired) electrons. The van der Waals surface area contributed by atoms with Crippen LogP contribution in [0.15, 0.2) is 42.5 Å². The summed E-state index contributed by atoms with van der Waals surface area (Å²) < 4.78 is 13.0. The van der Waals surface area contributed by atoms with E-state index < -0.39 is 11.7 Å². The van der Waals surface area contributed by atoms with E-state index in [9.17, 15) is 9.18 Å². The van der Waals surface area contributed by atoms with E-state index in [4.69, 9.17) is 17.3 Å². The molecule has 3 nitrogen and oxygen atoms in total. The number of anilines is 2. The van der Waals surface area contributed by atoms with E-state index in [1.54, 1.807) is 18.2 Å². The van der Waals surface area contributed by atoms with Crippen molar-refractivity contribution >= 4 is 28.9 Å². The lowest BCUT2D eigenvalue weighted by Crippen LogP contribution is -2.12. The molecular weight excluding hydrogens is 255 g/mol. The van der Waals surface area contributed by atoms with Crippen LogP contribution in [0.1, 0.15) is 10.4 Å². The van der Waals surface area contributed by atoms with Gasteiger partial charge in [0, 0.05) is 11.3 Å². The summed E-state index contributed by atoms with van der Waals surface area (Å²) in [5.41, 5.74) is 6.67. The van der Waals surface area contributed by atoms with E-state index >= 15 is 0 Å². The van der Waals surface area contributed by atoms with E-state index in [0.29, 0.717) is 11.3 Å². The smallest absolute Gasteiger partial charge is 0.255 e. The number of hydrogen-bond donors (Lipinski definition) is 2. The molecule has 2 aromatic rings. The third kappa shape index (κ3) is 2.78. The number of nitrogen functional groups attached to an aromatic ring is 1. The van der Waals surface area contributed by atoms with Gasteiger partial charge in [-0.15, -0.1) is 0 Å². The predicted octanol–water partition coefficient (Wildman–Crippen LogP) is 3.31. The minimum atomic E-state index is -0.470. The first kappa shape index (κ1) is 12.4. The van der Waals surface area contributed by atoms with Gasteiger partial charge in [0.2, 0.25) is 0 Å². The second-order valence-corrected chi connectivity index (χ2v) is 4.11. The first-order valence-electron chi connectivity index (χ1n) is 5.18. The van der Waals surface area contributed by atoms with Crippen LogP contribution in [-0.2, 0) is 0 Å². The minimum Gasteiger partial charge on any atom is -0.399 e. The number of carbonyl (C=O) groups is 1. The number of amides is 1. The summed E-state index contributed by atoms with van der Waals surface area (Å²) in [6.45, 7) is 0. The summed E-state index contributed by atoms with van der Waals surface area (Å²) in [7, 11) is 0. The molecule has 2 rings (SSSR count). The number of halogens is 2. The Hall–Kier alpha value is -2.07. The van der Waals surface area contributed by atoms with E-state index in [2.05, 4.69) is 5.32 Å². The molecule has 0 aliphatic heterocycles. The van der Waals surface area contributed by atoms with Crippen LogP contribution in [0.2, 0.25) is 5.02 Å². The van der Waals surface area contributed by atoms with Crippen molar-refractivity contribution in [2.24, 2.45) is 0 Å². The van der Waals surface area contributed by atoms with Gasteiger partial charge in [-0.05, 0) is 36.4 Å². The Morgan fingerprint density at radius 3 is 2.72 bits per heavy atom. The molecule has 0 unspecified atom stereocenters. The number of nitrogens with one attached hydrogen (secondary N) is 1. The zero-order valence-corrected chi connectivity index (χ0v) is 10.0. The highest BCUT2D eigenvalue weighted by molar-refractivity contribution is 6.33. The average molecular weight is 265 g/mol. The van der Waals surface area contributed by atoms with Gasteiger partial charge in [-0.2, -0.15) is 0 Å². The largest absolute Gasteiger partial charge is 0.399 e. The first-order valence-corrected chi connectivity index (χ1v) is 5.56. The molecule has 0 atom stereocenters. The second-order valence-electron chi connectivity index (χ2n) is 3.70. The van der Waals surface area contributed by atoms with Crippen molar-refractivity contribution in [3.8, 4) is 0 Å². The third-order valence-electron chi connectivity index (χ3n) is 2.33. The molecule has 0 aliphatic carbocycles. The summed E-state index contributed by atoms with van der Waals surface area (Å²) in [5, 5.41) is 2.80. The lowest BCUT2D eigenvalue weighted by molar-refractivity contribution is 0.102. The van der Waals surface area contributed by atoms with Crippen molar-refractivity contribution < 1.29 is 9.18 Å². The minimum absolute atomic E-state index is 0.226. The van der Waals surface area contributed by atoms with Crippen molar-refractivity contribution in [3.05, 3.63) is 58.9 Å². The van der Waals surface area contributed by atoms with Gasteiger partial charge in [-0.1, -0.05) is 17.7 Å². The molecule has 5 heteroatoms. The van der Waals surface area contributed by atoms with Gasteiger partial charge in [0.25, 0.3) is 5.91 Å². The van der Waals surface area contributed by atoms with Gasteiger partial charge in [0.1, 0.15) is 5.82 Å². The van der Waals surface area contributed by atoms with Gasteiger partial charge in [-0.3, -0.25) is 4.79 Å². The normalized spacial score (nSPS) is 10.1. The first-order chi connectivity index (χ1) is 8.56. The molecule has 0 bridgehead atoms. The van der Waals surface area contributed by atoms with Gasteiger partial charge in [-0.25, -0.2) is 4.39 Å². The fraction of sp³-hybridized carbons (Fsp3) is 0. The lowest BCUT2D eigenvalue weighted by Gasteiger charge is -2.07. The maximum absolute atomic E-state index is 13.0. The Morgan fingerprint density at radius 2 is 2.00 bits per heavy atom. The summed E-state index contributed by atoms with van der Waals surface area (Å²) in [5.74, 6) is -0.864. The van der Waals surface area contributed by atoms with Crippen molar-refractivity contribution in [2.45, 2.75) is 0 Å². The molecule has 0 heterocycles. The van der Waals surface area contributed by atoms with Gasteiger partial charge in [0.05, 0.1) is 10.7 Å². The fourth-order valence-corrected chi connectivity index (χ4v) is 1.63. The second kappa shape index (κ2) is 5.06. The molecule has 18 heavy (non-hydrogen) atoms. The maximum Gasteiger partial charge on any atom is 0.255 e. The molecule has 2 aromatic carbocycles. The Morgan fingerprint density at radius 1 is 1.22 bits per heavy atom. The third-order valence-corrected chi connectivity index (χ3v) is 2.66. The molecule has 0 aromatic heterocycles. The molecule has 0 aliphatic rings. The SMILES string of the molecule is Nc1cccc(C(=O)Nc2cc(F)ccc2Cl)c1. The Balaban J connectivity index is 2.24. The Bertz CT molecular complexity index is 601. The molecule has 0 saturated carbocycles. The number of hydrogen-bond acceptors (Lipinski definition) is 2. The zero-order chi connectivity index (χ0) is 13.1. The number of rotatable bonds is 2. The summed E-state index contributed by atoms with van der Waals surface area (Å²) >= 11 is 5.85. The summed E-state index contributed by atoms with van der Waals surface area (Å²) in [6, 6.07) is 10.2. The highest BCUT2D eigenvalue weighted by Gasteiger charge is 2.09. The number of nitrogens with two attached hydrogens (primary N) is 1. The monoisotopic (exact) mass is 264 g/mol. The van der Waals surface area contributed by atoms with Gasteiger partial charge < -0.3 is 11.1 Å². The van der Waals surface area contributed by atoms with Crippen LogP contribution in [0.3, 0.4) is 0 Å². The topological polar surface area (TPSA) is 55.1 Å². The number of benzene rings is 2.